The Labute approximate surface area is 192 Å². The number of aromatic nitrogens is 3. The standard InChI is InChI=1S/C22H30ClN5O2S/c1-16-7-10-27(11-8-16)21-25-26-22(28(21)15-19-6-3-12-30-19)31-13-9-20(29)24-18-5-2-4-17(23)14-18/h2,4-5,14,16,19H,3,6-13,15H2,1H3,(H,24,29). The van der Waals surface area contributed by atoms with E-state index in [2.05, 4.69) is 31.9 Å². The number of benzene rings is 1. The second-order valence-corrected chi connectivity index (χ2v) is 9.85. The molecule has 168 valence electrons. The number of rotatable bonds is 8. The Morgan fingerprint density at radius 1 is 1.29 bits per heavy atom. The van der Waals surface area contributed by atoms with Gasteiger partial charge in [-0.2, -0.15) is 0 Å². The van der Waals surface area contributed by atoms with Crippen LogP contribution >= 0.6 is 23.4 Å². The maximum atomic E-state index is 12.3. The predicted octanol–water partition coefficient (Wildman–Crippen LogP) is 4.47. The van der Waals surface area contributed by atoms with Crippen molar-refractivity contribution in [3.63, 3.8) is 0 Å². The van der Waals surface area contributed by atoms with E-state index >= 15 is 0 Å². The molecule has 2 saturated heterocycles. The van der Waals surface area contributed by atoms with Crippen LogP contribution < -0.4 is 10.2 Å². The van der Waals surface area contributed by atoms with Crippen LogP contribution in [0.15, 0.2) is 29.4 Å². The van der Waals surface area contributed by atoms with Gasteiger partial charge in [0.25, 0.3) is 0 Å². The number of amides is 1. The normalized spacial score (nSPS) is 19.7. The van der Waals surface area contributed by atoms with E-state index in [0.29, 0.717) is 22.9 Å². The van der Waals surface area contributed by atoms with E-state index in [1.165, 1.54) is 12.8 Å². The third-order valence-corrected chi connectivity index (χ3v) is 7.05. The summed E-state index contributed by atoms with van der Waals surface area (Å²) in [7, 11) is 0. The van der Waals surface area contributed by atoms with Gasteiger partial charge < -0.3 is 15.0 Å². The van der Waals surface area contributed by atoms with Crippen LogP contribution in [0.5, 0.6) is 0 Å². The Hall–Kier alpha value is -1.77. The molecule has 0 aliphatic carbocycles. The van der Waals surface area contributed by atoms with Gasteiger partial charge in [-0.1, -0.05) is 36.4 Å². The third-order valence-electron chi connectivity index (χ3n) is 5.84. The van der Waals surface area contributed by atoms with Crippen molar-refractivity contribution in [1.82, 2.24) is 14.8 Å². The van der Waals surface area contributed by atoms with Gasteiger partial charge in [-0.3, -0.25) is 9.36 Å². The van der Waals surface area contributed by atoms with Crippen LogP contribution in [0.4, 0.5) is 11.6 Å². The summed E-state index contributed by atoms with van der Waals surface area (Å²) in [6, 6.07) is 7.19. The van der Waals surface area contributed by atoms with Crippen LogP contribution in [0, 0.1) is 5.92 Å². The monoisotopic (exact) mass is 463 g/mol. The number of hydrogen-bond donors (Lipinski definition) is 1. The molecule has 1 N–H and O–H groups in total. The quantitative estimate of drug-likeness (QED) is 0.582. The van der Waals surface area contributed by atoms with Gasteiger partial charge in [0.1, 0.15) is 0 Å². The second kappa shape index (κ2) is 10.7. The lowest BCUT2D eigenvalue weighted by atomic mass is 10.00. The zero-order valence-corrected chi connectivity index (χ0v) is 19.5. The Morgan fingerprint density at radius 3 is 2.87 bits per heavy atom. The topological polar surface area (TPSA) is 72.3 Å². The molecule has 9 heteroatoms. The number of ether oxygens (including phenoxy) is 1. The molecule has 1 amide bonds. The molecule has 0 spiro atoms. The maximum Gasteiger partial charge on any atom is 0.228 e. The minimum atomic E-state index is -0.0369. The van der Waals surface area contributed by atoms with Gasteiger partial charge in [0.2, 0.25) is 11.9 Å². The first-order valence-corrected chi connectivity index (χ1v) is 12.4. The first-order chi connectivity index (χ1) is 15.1. The fourth-order valence-electron chi connectivity index (χ4n) is 4.01. The number of anilines is 2. The van der Waals surface area contributed by atoms with E-state index in [1.807, 2.05) is 12.1 Å². The molecule has 2 aliphatic heterocycles. The molecule has 3 heterocycles. The van der Waals surface area contributed by atoms with Crippen molar-refractivity contribution in [2.75, 3.05) is 35.7 Å². The molecule has 0 bridgehead atoms. The summed E-state index contributed by atoms with van der Waals surface area (Å²) < 4.78 is 8.08. The van der Waals surface area contributed by atoms with Crippen molar-refractivity contribution in [1.29, 1.82) is 0 Å². The number of carbonyl (C=O) groups excluding carboxylic acids is 1. The van der Waals surface area contributed by atoms with Crippen molar-refractivity contribution in [3.05, 3.63) is 29.3 Å². The lowest BCUT2D eigenvalue weighted by Gasteiger charge is -2.31. The minimum Gasteiger partial charge on any atom is -0.376 e. The van der Waals surface area contributed by atoms with Gasteiger partial charge in [0.05, 0.1) is 12.6 Å². The molecule has 7 nitrogen and oxygen atoms in total. The van der Waals surface area contributed by atoms with E-state index in [0.717, 1.165) is 56.1 Å². The fourth-order valence-corrected chi connectivity index (χ4v) is 5.08. The highest BCUT2D eigenvalue weighted by molar-refractivity contribution is 7.99. The Balaban J connectivity index is 1.37. The molecule has 0 radical (unpaired) electrons. The highest BCUT2D eigenvalue weighted by Gasteiger charge is 2.26. The van der Waals surface area contributed by atoms with E-state index in [-0.39, 0.29) is 12.0 Å². The molecule has 1 aromatic heterocycles. The smallest absolute Gasteiger partial charge is 0.228 e. The molecule has 2 aromatic rings. The van der Waals surface area contributed by atoms with Crippen molar-refractivity contribution in [2.24, 2.45) is 5.92 Å². The summed E-state index contributed by atoms with van der Waals surface area (Å²) >= 11 is 7.56. The first kappa shape index (κ1) is 22.4. The van der Waals surface area contributed by atoms with Crippen molar-refractivity contribution < 1.29 is 9.53 Å². The van der Waals surface area contributed by atoms with E-state index in [4.69, 9.17) is 16.3 Å². The van der Waals surface area contributed by atoms with Gasteiger partial charge in [0.15, 0.2) is 5.16 Å². The number of hydrogen-bond acceptors (Lipinski definition) is 6. The molecule has 4 rings (SSSR count). The number of nitrogens with zero attached hydrogens (tertiary/aromatic N) is 4. The lowest BCUT2D eigenvalue weighted by molar-refractivity contribution is -0.115. The Morgan fingerprint density at radius 2 is 2.13 bits per heavy atom. The SMILES string of the molecule is CC1CCN(c2nnc(SCCC(=O)Nc3cccc(Cl)c3)n2CC2CCCO2)CC1. The fraction of sp³-hybridized carbons (Fsp3) is 0.591. The highest BCUT2D eigenvalue weighted by atomic mass is 35.5. The molecular weight excluding hydrogens is 434 g/mol. The zero-order valence-electron chi connectivity index (χ0n) is 17.9. The molecule has 1 unspecified atom stereocenters. The summed E-state index contributed by atoms with van der Waals surface area (Å²) in [5.74, 6) is 2.30. The van der Waals surface area contributed by atoms with E-state index < -0.39 is 0 Å². The van der Waals surface area contributed by atoms with Gasteiger partial charge in [-0.05, 0) is 49.8 Å². The summed E-state index contributed by atoms with van der Waals surface area (Å²) in [5.41, 5.74) is 0.714. The van der Waals surface area contributed by atoms with Gasteiger partial charge in [0, 0.05) is 42.6 Å². The predicted molar refractivity (Wildman–Crippen MR) is 125 cm³/mol. The van der Waals surface area contributed by atoms with Gasteiger partial charge in [-0.15, -0.1) is 10.2 Å². The van der Waals surface area contributed by atoms with E-state index in [9.17, 15) is 4.79 Å². The van der Waals surface area contributed by atoms with Crippen LogP contribution in [0.1, 0.15) is 39.0 Å². The van der Waals surface area contributed by atoms with Crippen LogP contribution in [0.2, 0.25) is 5.02 Å². The lowest BCUT2D eigenvalue weighted by Crippen LogP contribution is -2.35. The Bertz CT molecular complexity index is 879. The summed E-state index contributed by atoms with van der Waals surface area (Å²) in [4.78, 5) is 14.7. The zero-order chi connectivity index (χ0) is 21.6. The summed E-state index contributed by atoms with van der Waals surface area (Å²) in [6.07, 6.45) is 5.14. The molecular formula is C22H30ClN5O2S. The molecule has 1 aromatic carbocycles. The van der Waals surface area contributed by atoms with Crippen LogP contribution in [0.25, 0.3) is 0 Å². The minimum absolute atomic E-state index is 0.0369. The number of halogens is 1. The van der Waals surface area contributed by atoms with Gasteiger partial charge in [-0.25, -0.2) is 0 Å². The number of piperidine rings is 1. The molecule has 0 saturated carbocycles. The van der Waals surface area contributed by atoms with Crippen molar-refractivity contribution in [2.45, 2.75) is 56.8 Å². The number of nitrogens with one attached hydrogen (secondary N) is 1. The molecule has 1 atom stereocenters. The average molecular weight is 464 g/mol. The summed E-state index contributed by atoms with van der Waals surface area (Å²) in [5, 5.41) is 13.4. The van der Waals surface area contributed by atoms with Crippen LogP contribution in [0.3, 0.4) is 0 Å². The molecule has 2 fully saturated rings. The molecule has 2 aliphatic rings. The van der Waals surface area contributed by atoms with Gasteiger partial charge >= 0.3 is 0 Å². The number of thioether (sulfide) groups is 1. The second-order valence-electron chi connectivity index (χ2n) is 8.35. The van der Waals surface area contributed by atoms with Crippen molar-refractivity contribution in [3.8, 4) is 0 Å². The third kappa shape index (κ3) is 6.14. The maximum absolute atomic E-state index is 12.3. The molecule has 31 heavy (non-hydrogen) atoms. The van der Waals surface area contributed by atoms with Crippen molar-refractivity contribution >= 4 is 40.9 Å². The van der Waals surface area contributed by atoms with Crippen LogP contribution in [-0.4, -0.2) is 52.2 Å². The van der Waals surface area contributed by atoms with E-state index in [1.54, 1.807) is 23.9 Å². The average Bonchev–Trinajstić information content (AvgIpc) is 3.40. The first-order valence-electron chi connectivity index (χ1n) is 11.1. The Kier molecular flexibility index (Phi) is 7.74. The highest BCUT2D eigenvalue weighted by Crippen LogP contribution is 2.28. The number of carbonyl (C=O) groups is 1. The van der Waals surface area contributed by atoms with Crippen LogP contribution in [-0.2, 0) is 16.1 Å². The summed E-state index contributed by atoms with van der Waals surface area (Å²) in [6.45, 7) is 5.93. The largest absolute Gasteiger partial charge is 0.376 e.